The van der Waals surface area contributed by atoms with Crippen LogP contribution in [-0.2, 0) is 0 Å². The Kier molecular flexibility index (Phi) is 4.37. The summed E-state index contributed by atoms with van der Waals surface area (Å²) >= 11 is 0. The molecule has 4 rings (SSSR count). The smallest absolute Gasteiger partial charge is 0.269 e. The van der Waals surface area contributed by atoms with Gasteiger partial charge in [0.1, 0.15) is 12.0 Å². The van der Waals surface area contributed by atoms with Crippen molar-refractivity contribution in [2.45, 2.75) is 31.6 Å². The summed E-state index contributed by atoms with van der Waals surface area (Å²) in [6.45, 7) is 0.706. The van der Waals surface area contributed by atoms with Crippen LogP contribution in [0.15, 0.2) is 43.0 Å². The highest BCUT2D eigenvalue weighted by molar-refractivity contribution is 5.92. The largest absolute Gasteiger partial charge is 0.350 e. The van der Waals surface area contributed by atoms with E-state index in [9.17, 15) is 4.79 Å². The first-order chi connectivity index (χ1) is 12.3. The lowest BCUT2D eigenvalue weighted by Gasteiger charge is -2.28. The molecule has 0 bridgehead atoms. The van der Waals surface area contributed by atoms with E-state index in [1.54, 1.807) is 24.8 Å². The van der Waals surface area contributed by atoms with Crippen molar-refractivity contribution in [1.29, 1.82) is 0 Å². The van der Waals surface area contributed by atoms with Gasteiger partial charge in [-0.25, -0.2) is 9.50 Å². The Hall–Kier alpha value is -2.83. The molecule has 0 aliphatic heterocycles. The molecule has 7 nitrogen and oxygen atoms in total. The SMILES string of the molecule is O=C(NCC1CCC(c2ccnc3ncnn23)CC1)c1ccccn1. The Morgan fingerprint density at radius 2 is 1.96 bits per heavy atom. The standard InChI is InChI=1S/C18H20N6O/c25-17(15-3-1-2-9-19-15)21-11-13-4-6-14(7-5-13)16-8-10-20-18-22-12-23-24(16)18/h1-3,8-10,12-14H,4-7,11H2,(H,21,25). The second-order valence-electron chi connectivity index (χ2n) is 6.48. The molecule has 3 aromatic heterocycles. The Morgan fingerprint density at radius 1 is 1.08 bits per heavy atom. The summed E-state index contributed by atoms with van der Waals surface area (Å²) in [5.41, 5.74) is 1.65. The molecule has 1 N–H and O–H groups in total. The van der Waals surface area contributed by atoms with E-state index in [4.69, 9.17) is 0 Å². The lowest BCUT2D eigenvalue weighted by Crippen LogP contribution is -2.31. The minimum atomic E-state index is -0.0961. The highest BCUT2D eigenvalue weighted by Gasteiger charge is 2.25. The normalized spacial score (nSPS) is 20.5. The zero-order valence-corrected chi connectivity index (χ0v) is 13.9. The number of pyridine rings is 1. The molecule has 1 aliphatic rings. The van der Waals surface area contributed by atoms with Crippen molar-refractivity contribution >= 4 is 11.7 Å². The van der Waals surface area contributed by atoms with Crippen LogP contribution in [0.25, 0.3) is 5.78 Å². The third-order valence-corrected chi connectivity index (χ3v) is 4.92. The van der Waals surface area contributed by atoms with Crippen molar-refractivity contribution < 1.29 is 4.79 Å². The summed E-state index contributed by atoms with van der Waals surface area (Å²) in [6.07, 6.45) is 9.34. The summed E-state index contributed by atoms with van der Waals surface area (Å²) in [5.74, 6) is 1.54. The van der Waals surface area contributed by atoms with Crippen LogP contribution in [0.5, 0.6) is 0 Å². The van der Waals surface area contributed by atoms with Gasteiger partial charge in [0.25, 0.3) is 11.7 Å². The summed E-state index contributed by atoms with van der Waals surface area (Å²) < 4.78 is 1.84. The molecule has 0 atom stereocenters. The molecule has 3 heterocycles. The average molecular weight is 336 g/mol. The zero-order chi connectivity index (χ0) is 17.1. The van der Waals surface area contributed by atoms with Gasteiger partial charge in [-0.3, -0.25) is 9.78 Å². The molecule has 3 aromatic rings. The van der Waals surface area contributed by atoms with Crippen molar-refractivity contribution in [3.05, 3.63) is 54.4 Å². The van der Waals surface area contributed by atoms with Crippen LogP contribution in [0.2, 0.25) is 0 Å². The molecule has 1 amide bonds. The summed E-state index contributed by atoms with van der Waals surface area (Å²) in [4.78, 5) is 24.6. The predicted molar refractivity (Wildman–Crippen MR) is 92.1 cm³/mol. The molecule has 0 unspecified atom stereocenters. The van der Waals surface area contributed by atoms with E-state index in [0.717, 1.165) is 25.7 Å². The lowest BCUT2D eigenvalue weighted by molar-refractivity contribution is 0.0938. The molecule has 128 valence electrons. The molecule has 0 radical (unpaired) electrons. The molecule has 0 saturated heterocycles. The maximum Gasteiger partial charge on any atom is 0.269 e. The summed E-state index contributed by atoms with van der Waals surface area (Å²) in [6, 6.07) is 7.41. The Morgan fingerprint density at radius 3 is 2.76 bits per heavy atom. The highest BCUT2D eigenvalue weighted by Crippen LogP contribution is 2.35. The molecular weight excluding hydrogens is 316 g/mol. The molecule has 7 heteroatoms. The first-order valence-electron chi connectivity index (χ1n) is 8.65. The topological polar surface area (TPSA) is 85.1 Å². The zero-order valence-electron chi connectivity index (χ0n) is 13.9. The number of aromatic nitrogens is 5. The van der Waals surface area contributed by atoms with Gasteiger partial charge in [0.05, 0.1) is 5.69 Å². The lowest BCUT2D eigenvalue weighted by atomic mass is 9.80. The quantitative estimate of drug-likeness (QED) is 0.789. The van der Waals surface area contributed by atoms with E-state index >= 15 is 0 Å². The van der Waals surface area contributed by atoms with Crippen molar-refractivity contribution in [2.24, 2.45) is 5.92 Å². The fourth-order valence-corrected chi connectivity index (χ4v) is 3.55. The van der Waals surface area contributed by atoms with Gasteiger partial charge in [-0.05, 0) is 49.8 Å². The van der Waals surface area contributed by atoms with E-state index in [-0.39, 0.29) is 5.91 Å². The number of carbonyl (C=O) groups is 1. The Balaban J connectivity index is 1.33. The van der Waals surface area contributed by atoms with Crippen LogP contribution in [0.1, 0.15) is 47.8 Å². The molecule has 0 aromatic carbocycles. The molecule has 1 fully saturated rings. The van der Waals surface area contributed by atoms with Crippen LogP contribution >= 0.6 is 0 Å². The van der Waals surface area contributed by atoms with Crippen molar-refractivity contribution in [3.63, 3.8) is 0 Å². The fraction of sp³-hybridized carbons (Fsp3) is 0.389. The van der Waals surface area contributed by atoms with E-state index in [1.165, 1.54) is 5.69 Å². The van der Waals surface area contributed by atoms with Crippen LogP contribution in [0.3, 0.4) is 0 Å². The second-order valence-corrected chi connectivity index (χ2v) is 6.48. The van der Waals surface area contributed by atoms with Gasteiger partial charge >= 0.3 is 0 Å². The van der Waals surface area contributed by atoms with Crippen LogP contribution in [0, 0.1) is 5.92 Å². The first kappa shape index (κ1) is 15.7. The average Bonchev–Trinajstić information content (AvgIpc) is 3.16. The van der Waals surface area contributed by atoms with Gasteiger partial charge in [0.2, 0.25) is 0 Å². The third kappa shape index (κ3) is 3.35. The van der Waals surface area contributed by atoms with Crippen LogP contribution < -0.4 is 5.32 Å². The van der Waals surface area contributed by atoms with Gasteiger partial charge in [0.15, 0.2) is 0 Å². The molecule has 0 spiro atoms. The van der Waals surface area contributed by atoms with E-state index < -0.39 is 0 Å². The van der Waals surface area contributed by atoms with Crippen LogP contribution in [-0.4, -0.2) is 37.0 Å². The monoisotopic (exact) mass is 336 g/mol. The molecular formula is C18H20N6O. The van der Waals surface area contributed by atoms with E-state index in [2.05, 4.69) is 25.4 Å². The minimum Gasteiger partial charge on any atom is -0.350 e. The number of fused-ring (bicyclic) bond motifs is 1. The second kappa shape index (κ2) is 6.96. The van der Waals surface area contributed by atoms with Gasteiger partial charge in [0, 0.05) is 24.9 Å². The number of hydrogen-bond acceptors (Lipinski definition) is 5. The van der Waals surface area contributed by atoms with Gasteiger partial charge in [-0.2, -0.15) is 10.1 Å². The Labute approximate surface area is 145 Å². The number of carbonyl (C=O) groups excluding carboxylic acids is 1. The number of nitrogens with one attached hydrogen (secondary N) is 1. The number of amides is 1. The molecule has 25 heavy (non-hydrogen) atoms. The fourth-order valence-electron chi connectivity index (χ4n) is 3.55. The summed E-state index contributed by atoms with van der Waals surface area (Å²) in [5, 5.41) is 7.29. The molecule has 1 aliphatic carbocycles. The van der Waals surface area contributed by atoms with E-state index in [0.29, 0.717) is 29.9 Å². The highest BCUT2D eigenvalue weighted by atomic mass is 16.1. The van der Waals surface area contributed by atoms with E-state index in [1.807, 2.05) is 22.7 Å². The minimum absolute atomic E-state index is 0.0961. The number of rotatable bonds is 4. The van der Waals surface area contributed by atoms with Gasteiger partial charge in [-0.1, -0.05) is 6.07 Å². The van der Waals surface area contributed by atoms with Gasteiger partial charge < -0.3 is 5.32 Å². The van der Waals surface area contributed by atoms with Crippen molar-refractivity contribution in [3.8, 4) is 0 Å². The van der Waals surface area contributed by atoms with Crippen molar-refractivity contribution in [1.82, 2.24) is 29.9 Å². The maximum atomic E-state index is 12.1. The molecule has 1 saturated carbocycles. The van der Waals surface area contributed by atoms with Crippen molar-refractivity contribution in [2.75, 3.05) is 6.54 Å². The summed E-state index contributed by atoms with van der Waals surface area (Å²) in [7, 11) is 0. The maximum absolute atomic E-state index is 12.1. The predicted octanol–water partition coefficient (Wildman–Crippen LogP) is 2.22. The first-order valence-corrected chi connectivity index (χ1v) is 8.65. The number of nitrogens with zero attached hydrogens (tertiary/aromatic N) is 5. The van der Waals surface area contributed by atoms with Gasteiger partial charge in [-0.15, -0.1) is 0 Å². The van der Waals surface area contributed by atoms with Crippen LogP contribution in [0.4, 0.5) is 0 Å². The third-order valence-electron chi connectivity index (χ3n) is 4.92. The Bertz CT molecular complexity index is 854. The number of hydrogen-bond donors (Lipinski definition) is 1.